The Balaban J connectivity index is 2.47. The van der Waals surface area contributed by atoms with Gasteiger partial charge in [0.05, 0.1) is 13.0 Å². The van der Waals surface area contributed by atoms with Crippen LogP contribution in [0.5, 0.6) is 5.75 Å². The van der Waals surface area contributed by atoms with Crippen LogP contribution in [0.4, 0.5) is 0 Å². The van der Waals surface area contributed by atoms with E-state index in [4.69, 9.17) is 9.84 Å². The summed E-state index contributed by atoms with van der Waals surface area (Å²) in [5.41, 5.74) is -1.23. The number of hydrogen-bond donors (Lipinski definition) is 1. The maximum atomic E-state index is 11.9. The number of halogens is 1. The molecule has 0 atom stereocenters. The molecule has 0 unspecified atom stereocenters. The number of carboxylic acid groups (broad SMARTS) is 1. The van der Waals surface area contributed by atoms with Crippen LogP contribution in [0.25, 0.3) is 0 Å². The van der Waals surface area contributed by atoms with E-state index in [-0.39, 0.29) is 18.9 Å². The van der Waals surface area contributed by atoms with Crippen molar-refractivity contribution in [2.24, 2.45) is 0 Å². The standard InChI is InChI=1S/C14H18BrNO4/c1-14(2,13(18)19)16(3)12(17)8-9-20-11-6-4-10(15)5-7-11/h4-7H,8-9H2,1-3H3,(H,18,19). The molecule has 1 aromatic carbocycles. The van der Waals surface area contributed by atoms with Crippen LogP contribution in [-0.2, 0) is 9.59 Å². The molecule has 0 spiro atoms. The average molecular weight is 344 g/mol. The quantitative estimate of drug-likeness (QED) is 0.861. The van der Waals surface area contributed by atoms with Crippen molar-refractivity contribution in [3.8, 4) is 5.75 Å². The largest absolute Gasteiger partial charge is 0.493 e. The zero-order valence-electron chi connectivity index (χ0n) is 11.7. The predicted octanol–water partition coefficient (Wildman–Crippen LogP) is 2.54. The lowest BCUT2D eigenvalue weighted by Gasteiger charge is -2.31. The second-order valence-corrected chi connectivity index (χ2v) is 5.78. The highest BCUT2D eigenvalue weighted by molar-refractivity contribution is 9.10. The summed E-state index contributed by atoms with van der Waals surface area (Å²) in [6, 6.07) is 7.27. The lowest BCUT2D eigenvalue weighted by Crippen LogP contribution is -2.51. The minimum Gasteiger partial charge on any atom is -0.493 e. The van der Waals surface area contributed by atoms with Gasteiger partial charge in [-0.1, -0.05) is 15.9 Å². The van der Waals surface area contributed by atoms with Crippen LogP contribution in [0, 0.1) is 0 Å². The molecular formula is C14H18BrNO4. The first-order valence-corrected chi connectivity index (χ1v) is 6.93. The van der Waals surface area contributed by atoms with E-state index in [2.05, 4.69) is 15.9 Å². The summed E-state index contributed by atoms with van der Waals surface area (Å²) in [4.78, 5) is 24.2. The molecule has 5 nitrogen and oxygen atoms in total. The van der Waals surface area contributed by atoms with Crippen LogP contribution < -0.4 is 4.74 Å². The third-order valence-electron chi connectivity index (χ3n) is 3.13. The number of rotatable bonds is 6. The molecule has 0 fully saturated rings. The van der Waals surface area contributed by atoms with Crippen LogP contribution in [-0.4, -0.2) is 41.1 Å². The van der Waals surface area contributed by atoms with Crippen molar-refractivity contribution in [1.29, 1.82) is 0 Å². The zero-order valence-corrected chi connectivity index (χ0v) is 13.3. The van der Waals surface area contributed by atoms with Crippen LogP contribution in [0.2, 0.25) is 0 Å². The molecule has 0 heterocycles. The second kappa shape index (κ2) is 6.74. The minimum absolute atomic E-state index is 0.128. The third-order valence-corrected chi connectivity index (χ3v) is 3.66. The number of nitrogens with zero attached hydrogens (tertiary/aromatic N) is 1. The number of likely N-dealkylation sites (N-methyl/N-ethyl adjacent to an activating group) is 1. The number of carboxylic acids is 1. The summed E-state index contributed by atoms with van der Waals surface area (Å²) >= 11 is 3.32. The van der Waals surface area contributed by atoms with E-state index in [1.54, 1.807) is 12.1 Å². The number of benzene rings is 1. The number of carbonyl (C=O) groups is 2. The van der Waals surface area contributed by atoms with Gasteiger partial charge in [-0.2, -0.15) is 0 Å². The van der Waals surface area contributed by atoms with Gasteiger partial charge in [0.25, 0.3) is 0 Å². The molecule has 0 aromatic heterocycles. The van der Waals surface area contributed by atoms with Gasteiger partial charge < -0.3 is 14.7 Å². The van der Waals surface area contributed by atoms with Crippen molar-refractivity contribution in [3.63, 3.8) is 0 Å². The molecule has 20 heavy (non-hydrogen) atoms. The molecule has 0 aliphatic carbocycles. The molecule has 0 aliphatic heterocycles. The van der Waals surface area contributed by atoms with Crippen molar-refractivity contribution >= 4 is 27.8 Å². The summed E-state index contributed by atoms with van der Waals surface area (Å²) in [5.74, 6) is -0.641. The van der Waals surface area contributed by atoms with E-state index < -0.39 is 11.5 Å². The number of ether oxygens (including phenoxy) is 1. The number of amides is 1. The molecule has 0 aliphatic rings. The summed E-state index contributed by atoms with van der Waals surface area (Å²) in [5, 5.41) is 9.06. The SMILES string of the molecule is CN(C(=O)CCOc1ccc(Br)cc1)C(C)(C)C(=O)O. The smallest absolute Gasteiger partial charge is 0.329 e. The fourth-order valence-electron chi connectivity index (χ4n) is 1.41. The highest BCUT2D eigenvalue weighted by Gasteiger charge is 2.34. The first-order chi connectivity index (χ1) is 9.25. The van der Waals surface area contributed by atoms with E-state index in [1.165, 1.54) is 25.8 Å². The third kappa shape index (κ3) is 4.23. The van der Waals surface area contributed by atoms with Gasteiger partial charge in [-0.05, 0) is 38.1 Å². The van der Waals surface area contributed by atoms with Gasteiger partial charge in [0, 0.05) is 11.5 Å². The van der Waals surface area contributed by atoms with Gasteiger partial charge in [-0.3, -0.25) is 4.79 Å². The molecule has 1 amide bonds. The molecule has 110 valence electrons. The van der Waals surface area contributed by atoms with Crippen LogP contribution in [0.3, 0.4) is 0 Å². The van der Waals surface area contributed by atoms with Gasteiger partial charge in [0.1, 0.15) is 11.3 Å². The Morgan fingerprint density at radius 3 is 2.35 bits per heavy atom. The summed E-state index contributed by atoms with van der Waals surface area (Å²) in [6.45, 7) is 3.19. The Morgan fingerprint density at radius 1 is 1.30 bits per heavy atom. The summed E-state index contributed by atoms with van der Waals surface area (Å²) in [6.07, 6.45) is 0.128. The Morgan fingerprint density at radius 2 is 1.85 bits per heavy atom. The maximum absolute atomic E-state index is 11.9. The molecule has 1 rings (SSSR count). The fourth-order valence-corrected chi connectivity index (χ4v) is 1.67. The Hall–Kier alpha value is -1.56. The van der Waals surface area contributed by atoms with Gasteiger partial charge in [-0.25, -0.2) is 4.79 Å². The van der Waals surface area contributed by atoms with Gasteiger partial charge in [0.2, 0.25) is 5.91 Å². The number of carbonyl (C=O) groups excluding carboxylic acids is 1. The molecular weight excluding hydrogens is 326 g/mol. The Labute approximate surface area is 126 Å². The van der Waals surface area contributed by atoms with Crippen molar-refractivity contribution in [2.75, 3.05) is 13.7 Å². The van der Waals surface area contributed by atoms with Gasteiger partial charge in [0.15, 0.2) is 0 Å². The van der Waals surface area contributed by atoms with Crippen LogP contribution >= 0.6 is 15.9 Å². The maximum Gasteiger partial charge on any atom is 0.329 e. The molecule has 0 bridgehead atoms. The van der Waals surface area contributed by atoms with E-state index in [0.29, 0.717) is 5.75 Å². The van der Waals surface area contributed by atoms with E-state index >= 15 is 0 Å². The molecule has 1 aromatic rings. The summed E-state index contributed by atoms with van der Waals surface area (Å²) < 4.78 is 6.39. The lowest BCUT2D eigenvalue weighted by atomic mass is 10.0. The number of hydrogen-bond acceptors (Lipinski definition) is 3. The zero-order chi connectivity index (χ0) is 15.3. The van der Waals surface area contributed by atoms with E-state index in [1.807, 2.05) is 12.1 Å². The molecule has 0 radical (unpaired) electrons. The molecule has 0 saturated carbocycles. The lowest BCUT2D eigenvalue weighted by molar-refractivity contribution is -0.155. The van der Waals surface area contributed by atoms with Crippen LogP contribution in [0.15, 0.2) is 28.7 Å². The topological polar surface area (TPSA) is 66.8 Å². The van der Waals surface area contributed by atoms with Crippen LogP contribution in [0.1, 0.15) is 20.3 Å². The van der Waals surface area contributed by atoms with Crippen molar-refractivity contribution in [2.45, 2.75) is 25.8 Å². The normalized spacial score (nSPS) is 11.0. The van der Waals surface area contributed by atoms with Gasteiger partial charge in [-0.15, -0.1) is 0 Å². The second-order valence-electron chi connectivity index (χ2n) is 4.87. The monoisotopic (exact) mass is 343 g/mol. The Kier molecular flexibility index (Phi) is 5.56. The highest BCUT2D eigenvalue weighted by Crippen LogP contribution is 2.17. The first-order valence-electron chi connectivity index (χ1n) is 6.13. The Bertz CT molecular complexity index is 484. The fraction of sp³-hybridized carbons (Fsp3) is 0.429. The summed E-state index contributed by atoms with van der Waals surface area (Å²) in [7, 11) is 1.48. The van der Waals surface area contributed by atoms with Crippen molar-refractivity contribution in [1.82, 2.24) is 4.90 Å². The molecule has 1 N–H and O–H groups in total. The molecule has 6 heteroatoms. The van der Waals surface area contributed by atoms with Crippen molar-refractivity contribution in [3.05, 3.63) is 28.7 Å². The average Bonchev–Trinajstić information content (AvgIpc) is 2.39. The van der Waals surface area contributed by atoms with E-state index in [9.17, 15) is 9.59 Å². The minimum atomic E-state index is -1.23. The predicted molar refractivity (Wildman–Crippen MR) is 78.7 cm³/mol. The first kappa shape index (κ1) is 16.5. The van der Waals surface area contributed by atoms with Crippen molar-refractivity contribution < 1.29 is 19.4 Å². The van der Waals surface area contributed by atoms with E-state index in [0.717, 1.165) is 4.47 Å². The van der Waals surface area contributed by atoms with Gasteiger partial charge >= 0.3 is 5.97 Å². The highest BCUT2D eigenvalue weighted by atomic mass is 79.9. The number of aliphatic carboxylic acids is 1. The molecule has 0 saturated heterocycles.